The Morgan fingerprint density at radius 2 is 1.64 bits per heavy atom. The van der Waals surface area contributed by atoms with Crippen molar-refractivity contribution >= 4 is 0 Å². The SMILES string of the molecule is Cc1cc(O)c(C(F)(F)F)c(C)c1O. The van der Waals surface area contributed by atoms with Gasteiger partial charge in [-0.15, -0.1) is 0 Å². The van der Waals surface area contributed by atoms with E-state index in [0.29, 0.717) is 0 Å². The zero-order valence-corrected chi connectivity index (χ0v) is 7.61. The summed E-state index contributed by atoms with van der Waals surface area (Å²) < 4.78 is 37.1. The minimum absolute atomic E-state index is 0.216. The zero-order valence-electron chi connectivity index (χ0n) is 7.61. The quantitative estimate of drug-likeness (QED) is 0.641. The van der Waals surface area contributed by atoms with Crippen molar-refractivity contribution in [2.75, 3.05) is 0 Å². The van der Waals surface area contributed by atoms with Gasteiger partial charge in [0.15, 0.2) is 0 Å². The van der Waals surface area contributed by atoms with Crippen LogP contribution in [0.2, 0.25) is 0 Å². The molecule has 2 nitrogen and oxygen atoms in total. The van der Waals surface area contributed by atoms with Gasteiger partial charge in [0, 0.05) is 5.56 Å². The average Bonchev–Trinajstić information content (AvgIpc) is 1.97. The number of aryl methyl sites for hydroxylation is 1. The molecule has 0 saturated heterocycles. The molecule has 0 spiro atoms. The van der Waals surface area contributed by atoms with Crippen molar-refractivity contribution in [2.24, 2.45) is 0 Å². The Hall–Kier alpha value is -1.39. The van der Waals surface area contributed by atoms with Gasteiger partial charge >= 0.3 is 6.18 Å². The van der Waals surface area contributed by atoms with Crippen LogP contribution in [0.5, 0.6) is 11.5 Å². The number of rotatable bonds is 0. The number of alkyl halides is 3. The summed E-state index contributed by atoms with van der Waals surface area (Å²) in [5.74, 6) is -1.29. The minimum atomic E-state index is -4.65. The highest BCUT2D eigenvalue weighted by molar-refractivity contribution is 5.52. The highest BCUT2D eigenvalue weighted by Gasteiger charge is 2.37. The van der Waals surface area contributed by atoms with Crippen LogP contribution in [0.3, 0.4) is 0 Å². The molecule has 78 valence electrons. The lowest BCUT2D eigenvalue weighted by molar-refractivity contribution is -0.139. The lowest BCUT2D eigenvalue weighted by Crippen LogP contribution is -2.08. The fourth-order valence-corrected chi connectivity index (χ4v) is 1.31. The molecule has 0 saturated carbocycles. The molecule has 0 fully saturated rings. The molecule has 1 aromatic rings. The van der Waals surface area contributed by atoms with E-state index in [2.05, 4.69) is 0 Å². The molecule has 0 radical (unpaired) electrons. The molecule has 0 heterocycles. The fraction of sp³-hybridized carbons (Fsp3) is 0.333. The van der Waals surface area contributed by atoms with E-state index < -0.39 is 23.2 Å². The molecule has 0 amide bonds. The Morgan fingerprint density at radius 3 is 2.07 bits per heavy atom. The summed E-state index contributed by atoms with van der Waals surface area (Å²) in [5, 5.41) is 18.4. The first-order valence-electron chi connectivity index (χ1n) is 3.84. The number of benzene rings is 1. The van der Waals surface area contributed by atoms with Gasteiger partial charge in [0.25, 0.3) is 0 Å². The maximum Gasteiger partial charge on any atom is 0.420 e. The van der Waals surface area contributed by atoms with E-state index in [9.17, 15) is 18.3 Å². The summed E-state index contributed by atoms with van der Waals surface area (Å²) in [4.78, 5) is 0. The van der Waals surface area contributed by atoms with Gasteiger partial charge in [0.1, 0.15) is 17.1 Å². The van der Waals surface area contributed by atoms with E-state index >= 15 is 0 Å². The fourth-order valence-electron chi connectivity index (χ4n) is 1.31. The van der Waals surface area contributed by atoms with Crippen LogP contribution in [0.1, 0.15) is 16.7 Å². The molecule has 0 aromatic heterocycles. The Morgan fingerprint density at radius 1 is 1.14 bits per heavy atom. The second kappa shape index (κ2) is 3.08. The van der Waals surface area contributed by atoms with Gasteiger partial charge in [0.05, 0.1) is 0 Å². The number of aromatic hydroxyl groups is 2. The third-order valence-corrected chi connectivity index (χ3v) is 2.00. The van der Waals surface area contributed by atoms with Crippen molar-refractivity contribution in [1.29, 1.82) is 0 Å². The lowest BCUT2D eigenvalue weighted by Gasteiger charge is -2.14. The van der Waals surface area contributed by atoms with Gasteiger partial charge in [0.2, 0.25) is 0 Å². The Labute approximate surface area is 78.6 Å². The van der Waals surface area contributed by atoms with Crippen molar-refractivity contribution in [3.05, 3.63) is 22.8 Å². The van der Waals surface area contributed by atoms with Crippen LogP contribution >= 0.6 is 0 Å². The predicted octanol–water partition coefficient (Wildman–Crippen LogP) is 2.73. The van der Waals surface area contributed by atoms with Crippen LogP contribution in [0.25, 0.3) is 0 Å². The topological polar surface area (TPSA) is 40.5 Å². The summed E-state index contributed by atoms with van der Waals surface area (Å²) in [6, 6.07) is 0.894. The first-order chi connectivity index (χ1) is 6.25. The van der Waals surface area contributed by atoms with E-state index in [1.807, 2.05) is 0 Å². The zero-order chi connectivity index (χ0) is 11.1. The van der Waals surface area contributed by atoms with Crippen LogP contribution in [0.4, 0.5) is 13.2 Å². The standard InChI is InChI=1S/C9H9F3O2/c1-4-3-6(13)7(9(10,11)12)5(2)8(4)14/h3,13-14H,1-2H3. The molecular formula is C9H9F3O2. The molecule has 0 unspecified atom stereocenters. The van der Waals surface area contributed by atoms with Crippen LogP contribution < -0.4 is 0 Å². The Bertz CT molecular complexity index is 369. The van der Waals surface area contributed by atoms with Crippen LogP contribution in [-0.4, -0.2) is 10.2 Å². The van der Waals surface area contributed by atoms with Gasteiger partial charge in [-0.25, -0.2) is 0 Å². The normalized spacial score (nSPS) is 11.8. The number of phenols is 2. The third kappa shape index (κ3) is 1.62. The monoisotopic (exact) mass is 206 g/mol. The minimum Gasteiger partial charge on any atom is -0.507 e. The molecule has 0 bridgehead atoms. The molecule has 0 aliphatic rings. The summed E-state index contributed by atoms with van der Waals surface area (Å²) >= 11 is 0. The van der Waals surface area contributed by atoms with Crippen molar-refractivity contribution < 1.29 is 23.4 Å². The highest BCUT2D eigenvalue weighted by atomic mass is 19.4. The van der Waals surface area contributed by atoms with Crippen molar-refractivity contribution in [3.8, 4) is 11.5 Å². The molecule has 2 N–H and O–H groups in total. The van der Waals surface area contributed by atoms with E-state index in [1.165, 1.54) is 6.92 Å². The Balaban J connectivity index is 3.53. The smallest absolute Gasteiger partial charge is 0.420 e. The van der Waals surface area contributed by atoms with E-state index in [-0.39, 0.29) is 11.1 Å². The van der Waals surface area contributed by atoms with Gasteiger partial charge in [-0.3, -0.25) is 0 Å². The lowest BCUT2D eigenvalue weighted by atomic mass is 10.0. The molecule has 0 aliphatic heterocycles. The number of hydrogen-bond acceptors (Lipinski definition) is 2. The summed E-state index contributed by atoms with van der Waals surface area (Å²) in [5.41, 5.74) is -1.32. The van der Waals surface area contributed by atoms with Gasteiger partial charge in [-0.1, -0.05) is 0 Å². The van der Waals surface area contributed by atoms with Crippen LogP contribution in [-0.2, 0) is 6.18 Å². The van der Waals surface area contributed by atoms with Gasteiger partial charge < -0.3 is 10.2 Å². The second-order valence-corrected chi connectivity index (χ2v) is 3.06. The summed E-state index contributed by atoms with van der Waals surface area (Å²) in [7, 11) is 0. The number of halogens is 3. The molecule has 1 rings (SSSR count). The van der Waals surface area contributed by atoms with Crippen LogP contribution in [0.15, 0.2) is 6.07 Å². The largest absolute Gasteiger partial charge is 0.507 e. The van der Waals surface area contributed by atoms with Gasteiger partial charge in [-0.05, 0) is 25.5 Å². The molecule has 0 atom stereocenters. The molecule has 0 aliphatic carbocycles. The maximum absolute atomic E-state index is 12.4. The molecule has 1 aromatic carbocycles. The highest BCUT2D eigenvalue weighted by Crippen LogP contribution is 2.42. The van der Waals surface area contributed by atoms with Crippen molar-refractivity contribution in [1.82, 2.24) is 0 Å². The molecule has 14 heavy (non-hydrogen) atoms. The summed E-state index contributed by atoms with van der Waals surface area (Å²) in [6.07, 6.45) is -4.65. The maximum atomic E-state index is 12.4. The van der Waals surface area contributed by atoms with E-state index in [4.69, 9.17) is 5.11 Å². The van der Waals surface area contributed by atoms with Crippen molar-refractivity contribution in [2.45, 2.75) is 20.0 Å². The average molecular weight is 206 g/mol. The van der Waals surface area contributed by atoms with Crippen molar-refractivity contribution in [3.63, 3.8) is 0 Å². The third-order valence-electron chi connectivity index (χ3n) is 2.00. The summed E-state index contributed by atoms with van der Waals surface area (Å²) in [6.45, 7) is 2.53. The van der Waals surface area contributed by atoms with E-state index in [1.54, 1.807) is 0 Å². The molecular weight excluding hydrogens is 197 g/mol. The van der Waals surface area contributed by atoms with E-state index in [0.717, 1.165) is 13.0 Å². The first kappa shape index (κ1) is 10.7. The second-order valence-electron chi connectivity index (χ2n) is 3.06. The molecule has 5 heteroatoms. The van der Waals surface area contributed by atoms with Crippen LogP contribution in [0, 0.1) is 13.8 Å². The van der Waals surface area contributed by atoms with Gasteiger partial charge in [-0.2, -0.15) is 13.2 Å². The number of phenolic OH excluding ortho intramolecular Hbond substituents is 2. The number of hydrogen-bond donors (Lipinski definition) is 2. The first-order valence-corrected chi connectivity index (χ1v) is 3.84. The predicted molar refractivity (Wildman–Crippen MR) is 44.2 cm³/mol. The Kier molecular flexibility index (Phi) is 2.35.